The quantitative estimate of drug-likeness (QED) is 0.131. The van der Waals surface area contributed by atoms with Gasteiger partial charge in [-0.25, -0.2) is 19.6 Å². The molecule has 4 heterocycles. The van der Waals surface area contributed by atoms with Gasteiger partial charge in [0, 0.05) is 55.2 Å². The van der Waals surface area contributed by atoms with E-state index in [1.807, 2.05) is 48.7 Å². The number of nitrogens with zero attached hydrogens (tertiary/aromatic N) is 4. The lowest BCUT2D eigenvalue weighted by Crippen LogP contribution is -2.33. The van der Waals surface area contributed by atoms with Crippen LogP contribution in [0.25, 0.3) is 10.8 Å². The molecule has 2 saturated carbocycles. The number of thiazole rings is 2. The number of ether oxygens (including phenoxy) is 4. The molecule has 4 aliphatic rings. The van der Waals surface area contributed by atoms with Gasteiger partial charge in [-0.1, -0.05) is 18.2 Å². The van der Waals surface area contributed by atoms with Gasteiger partial charge >= 0.3 is 18.4 Å². The molecule has 4 fully saturated rings. The molecular weight excluding hydrogens is 848 g/mol. The third kappa shape index (κ3) is 9.86. The highest BCUT2D eigenvalue weighted by Gasteiger charge is 2.50. The maximum Gasteiger partial charge on any atom is 0.416 e. The van der Waals surface area contributed by atoms with Gasteiger partial charge in [-0.2, -0.15) is 13.2 Å². The molecule has 2 saturated heterocycles. The summed E-state index contributed by atoms with van der Waals surface area (Å²) >= 11 is 2.85. The third-order valence-electron chi connectivity index (χ3n) is 12.2. The summed E-state index contributed by atoms with van der Waals surface area (Å²) in [7, 11) is 0. The van der Waals surface area contributed by atoms with Gasteiger partial charge in [0.2, 0.25) is 0 Å². The summed E-state index contributed by atoms with van der Waals surface area (Å²) in [4.78, 5) is 47.0. The van der Waals surface area contributed by atoms with Crippen molar-refractivity contribution in [3.05, 3.63) is 98.9 Å². The van der Waals surface area contributed by atoms with E-state index in [0.29, 0.717) is 44.9 Å². The number of alkyl halides is 3. The number of hydrogen-bond donors (Lipinski definition) is 2. The van der Waals surface area contributed by atoms with Gasteiger partial charge in [-0.15, -0.1) is 22.7 Å². The van der Waals surface area contributed by atoms with Crippen LogP contribution < -0.4 is 19.9 Å². The van der Waals surface area contributed by atoms with Crippen LogP contribution in [0.2, 0.25) is 0 Å². The minimum absolute atomic E-state index is 0.0700. The predicted octanol–water partition coefficient (Wildman–Crippen LogP) is 8.62. The Labute approximate surface area is 363 Å². The summed E-state index contributed by atoms with van der Waals surface area (Å²) in [6.07, 6.45) is -2.89. The van der Waals surface area contributed by atoms with Crippen LogP contribution in [0.1, 0.15) is 52.9 Å². The first-order valence-corrected chi connectivity index (χ1v) is 22.3. The molecule has 62 heavy (non-hydrogen) atoms. The zero-order valence-corrected chi connectivity index (χ0v) is 35.4. The molecule has 2 aliphatic carbocycles. The second-order valence-corrected chi connectivity index (χ2v) is 17.7. The fourth-order valence-corrected chi connectivity index (χ4v) is 10.7. The number of carbonyl (C=O) groups excluding carboxylic acids is 2. The molecule has 0 bridgehead atoms. The van der Waals surface area contributed by atoms with Crippen molar-refractivity contribution in [1.82, 2.24) is 19.8 Å². The van der Waals surface area contributed by atoms with Crippen molar-refractivity contribution in [1.29, 1.82) is 0 Å². The van der Waals surface area contributed by atoms with E-state index in [2.05, 4.69) is 9.97 Å². The van der Waals surface area contributed by atoms with Gasteiger partial charge in [0.05, 0.1) is 28.4 Å². The number of halogens is 3. The van der Waals surface area contributed by atoms with Crippen LogP contribution >= 0.6 is 22.7 Å². The van der Waals surface area contributed by atoms with Crippen LogP contribution in [0.4, 0.5) is 22.8 Å². The molecule has 0 spiro atoms. The number of carbonyl (C=O) groups is 3. The molecule has 3 N–H and O–H groups in total. The van der Waals surface area contributed by atoms with Crippen LogP contribution in [-0.4, -0.2) is 88.0 Å². The molecule has 18 heteroatoms. The van der Waals surface area contributed by atoms with E-state index in [1.54, 1.807) is 15.8 Å². The van der Waals surface area contributed by atoms with E-state index in [-0.39, 0.29) is 65.9 Å². The van der Waals surface area contributed by atoms with Crippen molar-refractivity contribution in [3.8, 4) is 17.2 Å². The monoisotopic (exact) mass is 893 g/mol. The van der Waals surface area contributed by atoms with Gasteiger partial charge < -0.3 is 39.6 Å². The van der Waals surface area contributed by atoms with Gasteiger partial charge in [0.25, 0.3) is 5.91 Å². The predicted molar refractivity (Wildman–Crippen MR) is 224 cm³/mol. The lowest BCUT2D eigenvalue weighted by Gasteiger charge is -2.26. The normalized spacial score (nSPS) is 24.0. The second kappa shape index (κ2) is 18.4. The number of rotatable bonds is 11. The standard InChI is InChI=1S/C25H27N3O5S.C19H19F3N2O3S/c1-2-32-17-5-3-14-4-6-18(8-15(14)7-17)33-22-9-16-11-28(25(30)31)12-20(16)19(22)10-23-27-21(13-34-23)24(26)29;20-19(21,22)13-2-1-3-15(6-13)27-17-5-4-12-7-24(8-16(12)17)18(25)26-9-14-10-28-11-23-14/h3-8,13,16,19-20,22H,2,9-12H2,1H3,(H2,26,29)(H,30,31);1-3,6,10-12,16-17H,4-5,7-9H2/t16-,19-,20-,22+;/m1./s1. The smallest absolute Gasteiger partial charge is 0.416 e. The fourth-order valence-electron chi connectivity index (χ4n) is 9.35. The average molecular weight is 894 g/mol. The Morgan fingerprint density at radius 3 is 2.34 bits per heavy atom. The Hall–Kier alpha value is -5.62. The van der Waals surface area contributed by atoms with Crippen molar-refractivity contribution in [2.45, 2.75) is 57.6 Å². The van der Waals surface area contributed by atoms with Gasteiger partial charge in [0.15, 0.2) is 0 Å². The molecule has 13 nitrogen and oxygen atoms in total. The van der Waals surface area contributed by atoms with Crippen molar-refractivity contribution in [3.63, 3.8) is 0 Å². The molecule has 3 unspecified atom stereocenters. The topological polar surface area (TPSA) is 167 Å². The zero-order valence-electron chi connectivity index (χ0n) is 33.7. The van der Waals surface area contributed by atoms with Crippen molar-refractivity contribution in [2.24, 2.45) is 35.3 Å². The number of nitrogens with two attached hydrogens (primary N) is 1. The number of primary amides is 1. The summed E-state index contributed by atoms with van der Waals surface area (Å²) in [6.45, 7) is 4.80. The molecule has 2 aromatic heterocycles. The lowest BCUT2D eigenvalue weighted by atomic mass is 9.89. The second-order valence-electron chi connectivity index (χ2n) is 16.1. The van der Waals surface area contributed by atoms with Crippen LogP contribution in [0.5, 0.6) is 17.2 Å². The Balaban J connectivity index is 0.000000174. The molecule has 3 aromatic carbocycles. The SMILES string of the molecule is CCOc1ccc2ccc(O[C@H]3C[C@@H]4CN(C(=O)O)C[C@H]4[C@H]3Cc3nc(C(N)=O)cs3)cc2c1.O=C(OCc1cscn1)N1CC2CCC(Oc3cccc(C(F)(F)F)c3)C2C1. The lowest BCUT2D eigenvalue weighted by molar-refractivity contribution is -0.137. The van der Waals surface area contributed by atoms with Crippen LogP contribution in [0.3, 0.4) is 0 Å². The Kier molecular flexibility index (Phi) is 12.8. The van der Waals surface area contributed by atoms with Crippen LogP contribution in [-0.2, 0) is 23.9 Å². The Bertz CT molecular complexity index is 2380. The Morgan fingerprint density at radius 2 is 1.61 bits per heavy atom. The zero-order chi connectivity index (χ0) is 43.5. The van der Waals surface area contributed by atoms with Crippen molar-refractivity contribution in [2.75, 3.05) is 32.8 Å². The van der Waals surface area contributed by atoms with Crippen molar-refractivity contribution < 1.29 is 51.6 Å². The molecule has 328 valence electrons. The average Bonchev–Trinajstić information content (AvgIpc) is 4.10. The van der Waals surface area contributed by atoms with Crippen molar-refractivity contribution >= 4 is 51.5 Å². The first-order chi connectivity index (χ1) is 29.8. The number of carboxylic acid groups (broad SMARTS) is 1. The highest BCUT2D eigenvalue weighted by Crippen LogP contribution is 2.46. The molecule has 9 rings (SSSR count). The van der Waals surface area contributed by atoms with Gasteiger partial charge in [0.1, 0.15) is 41.8 Å². The molecule has 0 radical (unpaired) electrons. The van der Waals surface area contributed by atoms with Gasteiger partial charge in [-0.05, 0) is 97.2 Å². The molecular formula is C44H46F3N5O8S2. The Morgan fingerprint density at radius 1 is 0.871 bits per heavy atom. The van der Waals surface area contributed by atoms with E-state index in [4.69, 9.17) is 24.7 Å². The summed E-state index contributed by atoms with van der Waals surface area (Å²) < 4.78 is 62.0. The number of hydrogen-bond acceptors (Lipinski definition) is 11. The molecule has 7 atom stereocenters. The number of fused-ring (bicyclic) bond motifs is 3. The maximum absolute atomic E-state index is 12.9. The molecule has 3 amide bonds. The van der Waals surface area contributed by atoms with E-state index < -0.39 is 23.7 Å². The molecule has 5 aromatic rings. The molecule has 2 aliphatic heterocycles. The highest BCUT2D eigenvalue weighted by molar-refractivity contribution is 7.09. The number of likely N-dealkylation sites (tertiary alicyclic amines) is 2. The van der Waals surface area contributed by atoms with Crippen LogP contribution in [0, 0.1) is 29.6 Å². The highest BCUT2D eigenvalue weighted by atomic mass is 32.1. The van der Waals surface area contributed by atoms with Gasteiger partial charge in [-0.3, -0.25) is 4.79 Å². The fraction of sp³-hybridized carbons (Fsp3) is 0.432. The summed E-state index contributed by atoms with van der Waals surface area (Å²) in [5.74, 6) is 2.17. The maximum atomic E-state index is 12.9. The van der Waals surface area contributed by atoms with E-state index in [0.717, 1.165) is 58.7 Å². The number of aromatic nitrogens is 2. The van der Waals surface area contributed by atoms with E-state index >= 15 is 0 Å². The summed E-state index contributed by atoms with van der Waals surface area (Å²) in [5.41, 5.74) is 7.31. The minimum atomic E-state index is -4.40. The minimum Gasteiger partial charge on any atom is -0.494 e. The van der Waals surface area contributed by atoms with E-state index in [9.17, 15) is 32.7 Å². The first kappa shape index (κ1) is 43.0. The number of amides is 3. The summed E-state index contributed by atoms with van der Waals surface area (Å²) in [6, 6.07) is 17.0. The summed E-state index contributed by atoms with van der Waals surface area (Å²) in [5, 5.41) is 16.0. The third-order valence-corrected chi connectivity index (χ3v) is 13.8. The van der Waals surface area contributed by atoms with E-state index in [1.165, 1.54) is 39.7 Å². The largest absolute Gasteiger partial charge is 0.494 e. The van der Waals surface area contributed by atoms with Crippen LogP contribution in [0.15, 0.2) is 76.9 Å². The first-order valence-electron chi connectivity index (χ1n) is 20.5. The number of benzene rings is 3.